The van der Waals surface area contributed by atoms with Gasteiger partial charge in [-0.25, -0.2) is 4.98 Å². The molecule has 0 aliphatic carbocycles. The maximum atomic E-state index is 14.6. The maximum Gasteiger partial charge on any atom is 0.277 e. The third kappa shape index (κ3) is 3.65. The molecule has 2 aromatic heterocycles. The summed E-state index contributed by atoms with van der Waals surface area (Å²) < 4.78 is 21.7. The molecule has 1 aliphatic heterocycles. The lowest BCUT2D eigenvalue weighted by atomic mass is 9.98. The summed E-state index contributed by atoms with van der Waals surface area (Å²) in [5.41, 5.74) is 1.52. The van der Waals surface area contributed by atoms with Gasteiger partial charge in [-0.3, -0.25) is 9.20 Å². The van der Waals surface area contributed by atoms with Crippen molar-refractivity contribution < 1.29 is 13.9 Å². The maximum absolute atomic E-state index is 14.6. The van der Waals surface area contributed by atoms with E-state index >= 15 is 0 Å². The molecule has 1 atom stereocenters. The molecule has 27 heavy (non-hydrogen) atoms. The minimum Gasteiger partial charge on any atom is -0.493 e. The predicted octanol–water partition coefficient (Wildman–Crippen LogP) is 3.71. The highest BCUT2D eigenvalue weighted by Crippen LogP contribution is 2.22. The summed E-state index contributed by atoms with van der Waals surface area (Å²) >= 11 is 0. The van der Waals surface area contributed by atoms with Crippen molar-refractivity contribution in [1.82, 2.24) is 14.3 Å². The van der Waals surface area contributed by atoms with E-state index in [2.05, 4.69) is 4.98 Å². The Morgan fingerprint density at radius 1 is 1.26 bits per heavy atom. The van der Waals surface area contributed by atoms with Gasteiger partial charge in [0.25, 0.3) is 5.91 Å². The van der Waals surface area contributed by atoms with Gasteiger partial charge in [0, 0.05) is 25.2 Å². The molecule has 0 unspecified atom stereocenters. The highest BCUT2D eigenvalue weighted by atomic mass is 19.1. The van der Waals surface area contributed by atoms with Gasteiger partial charge < -0.3 is 9.64 Å². The molecule has 3 aromatic rings. The fourth-order valence-corrected chi connectivity index (χ4v) is 3.49. The SMILES string of the molecule is Cc1ccc(OC[C@@H]2CCCN(C(=O)c3nc4ccccn4c3F)C2)cc1. The first-order chi connectivity index (χ1) is 13.1. The van der Waals surface area contributed by atoms with Crippen LogP contribution < -0.4 is 4.74 Å². The van der Waals surface area contributed by atoms with Crippen molar-refractivity contribution in [3.05, 3.63) is 65.9 Å². The first kappa shape index (κ1) is 17.5. The summed E-state index contributed by atoms with van der Waals surface area (Å²) in [5, 5.41) is 0. The van der Waals surface area contributed by atoms with Crippen LogP contribution in [0.1, 0.15) is 28.9 Å². The van der Waals surface area contributed by atoms with Crippen molar-refractivity contribution >= 4 is 11.6 Å². The Kier molecular flexibility index (Phi) is 4.79. The number of rotatable bonds is 4. The van der Waals surface area contributed by atoms with Crippen LogP contribution in [0.25, 0.3) is 5.65 Å². The van der Waals surface area contributed by atoms with Crippen LogP contribution in [-0.4, -0.2) is 39.9 Å². The lowest BCUT2D eigenvalue weighted by Gasteiger charge is -2.32. The molecule has 1 saturated heterocycles. The Morgan fingerprint density at radius 2 is 2.07 bits per heavy atom. The zero-order valence-electron chi connectivity index (χ0n) is 15.3. The average molecular weight is 367 g/mol. The molecule has 0 N–H and O–H groups in total. The predicted molar refractivity (Wildman–Crippen MR) is 100 cm³/mol. The second-order valence-corrected chi connectivity index (χ2v) is 7.06. The largest absolute Gasteiger partial charge is 0.493 e. The standard InChI is InChI=1S/C21H22FN3O2/c1-15-7-9-17(10-8-15)27-14-16-5-4-11-24(13-16)21(26)19-20(22)25-12-3-2-6-18(25)23-19/h2-3,6-10,12,16H,4-5,11,13-14H2,1H3/t16-/m1/s1. The van der Waals surface area contributed by atoms with Crippen molar-refractivity contribution in [2.24, 2.45) is 5.92 Å². The number of nitrogens with zero attached hydrogens (tertiary/aromatic N) is 3. The van der Waals surface area contributed by atoms with Crippen molar-refractivity contribution in [1.29, 1.82) is 0 Å². The van der Waals surface area contributed by atoms with Crippen molar-refractivity contribution in [3.63, 3.8) is 0 Å². The number of hydrogen-bond donors (Lipinski definition) is 0. The number of aryl methyl sites for hydroxylation is 1. The van der Waals surface area contributed by atoms with Gasteiger partial charge in [-0.15, -0.1) is 0 Å². The van der Waals surface area contributed by atoms with Gasteiger partial charge in [-0.05, 0) is 44.0 Å². The van der Waals surface area contributed by atoms with Crippen LogP contribution in [0.3, 0.4) is 0 Å². The molecule has 1 fully saturated rings. The van der Waals surface area contributed by atoms with E-state index in [0.29, 0.717) is 25.3 Å². The number of carbonyl (C=O) groups is 1. The summed E-state index contributed by atoms with van der Waals surface area (Å²) in [6.07, 6.45) is 3.44. The molecule has 3 heterocycles. The monoisotopic (exact) mass is 367 g/mol. The van der Waals surface area contributed by atoms with Gasteiger partial charge in [0.05, 0.1) is 6.61 Å². The molecular formula is C21H22FN3O2. The number of ether oxygens (including phenoxy) is 1. The Hall–Kier alpha value is -2.89. The quantitative estimate of drug-likeness (QED) is 0.706. The number of pyridine rings is 1. The number of amides is 1. The molecule has 0 spiro atoms. The van der Waals surface area contributed by atoms with Gasteiger partial charge in [0.1, 0.15) is 11.4 Å². The van der Waals surface area contributed by atoms with Gasteiger partial charge in [0.2, 0.25) is 5.95 Å². The topological polar surface area (TPSA) is 46.8 Å². The van der Waals surface area contributed by atoms with Crippen LogP contribution in [0, 0.1) is 18.8 Å². The van der Waals surface area contributed by atoms with Crippen LogP contribution in [0.5, 0.6) is 5.75 Å². The molecular weight excluding hydrogens is 345 g/mol. The zero-order valence-corrected chi connectivity index (χ0v) is 15.3. The van der Waals surface area contributed by atoms with E-state index in [1.807, 2.05) is 31.2 Å². The Labute approximate surface area is 157 Å². The summed E-state index contributed by atoms with van der Waals surface area (Å²) in [6.45, 7) is 3.75. The zero-order chi connectivity index (χ0) is 18.8. The summed E-state index contributed by atoms with van der Waals surface area (Å²) in [5.74, 6) is 0.101. The summed E-state index contributed by atoms with van der Waals surface area (Å²) in [4.78, 5) is 18.7. The van der Waals surface area contributed by atoms with E-state index in [9.17, 15) is 9.18 Å². The van der Waals surface area contributed by atoms with E-state index in [4.69, 9.17) is 4.74 Å². The number of hydrogen-bond acceptors (Lipinski definition) is 3. The Balaban J connectivity index is 1.43. The fraction of sp³-hybridized carbons (Fsp3) is 0.333. The Morgan fingerprint density at radius 3 is 2.85 bits per heavy atom. The molecule has 6 heteroatoms. The van der Waals surface area contributed by atoms with Gasteiger partial charge in [-0.1, -0.05) is 23.8 Å². The molecule has 0 bridgehead atoms. The molecule has 4 rings (SSSR count). The Bertz CT molecular complexity index is 952. The third-order valence-electron chi connectivity index (χ3n) is 4.99. The van der Waals surface area contributed by atoms with Crippen LogP contribution in [0.4, 0.5) is 4.39 Å². The summed E-state index contributed by atoms with van der Waals surface area (Å²) in [7, 11) is 0. The second kappa shape index (κ2) is 7.39. The molecule has 1 aromatic carbocycles. The van der Waals surface area contributed by atoms with Crippen molar-refractivity contribution in [2.45, 2.75) is 19.8 Å². The molecule has 1 aliphatic rings. The van der Waals surface area contributed by atoms with Crippen LogP contribution in [0.15, 0.2) is 48.7 Å². The van der Waals surface area contributed by atoms with Crippen LogP contribution in [-0.2, 0) is 0 Å². The smallest absolute Gasteiger partial charge is 0.277 e. The lowest BCUT2D eigenvalue weighted by Crippen LogP contribution is -2.42. The lowest BCUT2D eigenvalue weighted by molar-refractivity contribution is 0.0623. The van der Waals surface area contributed by atoms with Gasteiger partial charge in [-0.2, -0.15) is 4.39 Å². The van der Waals surface area contributed by atoms with Crippen LogP contribution in [0.2, 0.25) is 0 Å². The third-order valence-corrected chi connectivity index (χ3v) is 4.99. The first-order valence-corrected chi connectivity index (χ1v) is 9.23. The van der Waals surface area contributed by atoms with Crippen molar-refractivity contribution in [3.8, 4) is 5.75 Å². The van der Waals surface area contributed by atoms with E-state index in [0.717, 1.165) is 18.6 Å². The number of likely N-dealkylation sites (tertiary alicyclic amines) is 1. The minimum absolute atomic E-state index is 0.110. The molecule has 5 nitrogen and oxygen atoms in total. The van der Waals surface area contributed by atoms with Crippen LogP contribution >= 0.6 is 0 Å². The number of aromatic nitrogens is 2. The first-order valence-electron chi connectivity index (χ1n) is 9.23. The molecule has 0 saturated carbocycles. The normalized spacial score (nSPS) is 17.3. The average Bonchev–Trinajstić information content (AvgIpc) is 3.04. The molecule has 1 amide bonds. The fourth-order valence-electron chi connectivity index (χ4n) is 3.49. The van der Waals surface area contributed by atoms with E-state index in [1.165, 1.54) is 9.96 Å². The number of benzene rings is 1. The van der Waals surface area contributed by atoms with E-state index in [-0.39, 0.29) is 17.5 Å². The highest BCUT2D eigenvalue weighted by molar-refractivity contribution is 5.93. The number of carbonyl (C=O) groups excluding carboxylic acids is 1. The molecule has 140 valence electrons. The minimum atomic E-state index is -0.603. The van der Waals surface area contributed by atoms with Gasteiger partial charge in [0.15, 0.2) is 5.69 Å². The number of piperidine rings is 1. The molecule has 0 radical (unpaired) electrons. The van der Waals surface area contributed by atoms with Crippen molar-refractivity contribution in [2.75, 3.05) is 19.7 Å². The van der Waals surface area contributed by atoms with Gasteiger partial charge >= 0.3 is 0 Å². The number of halogens is 1. The summed E-state index contributed by atoms with van der Waals surface area (Å²) in [6, 6.07) is 13.1. The second-order valence-electron chi connectivity index (χ2n) is 7.06. The van der Waals surface area contributed by atoms with E-state index in [1.54, 1.807) is 29.3 Å². The van der Waals surface area contributed by atoms with E-state index < -0.39 is 5.95 Å². The number of imidazole rings is 1. The number of fused-ring (bicyclic) bond motifs is 1. The highest BCUT2D eigenvalue weighted by Gasteiger charge is 2.29.